The smallest absolute Gasteiger partial charge is 0.267 e. The van der Waals surface area contributed by atoms with Crippen LogP contribution in [0.4, 0.5) is 25.1 Å². The fourth-order valence-electron chi connectivity index (χ4n) is 5.25. The minimum atomic E-state index is -2.81. The molecule has 37 heavy (non-hydrogen) atoms. The molecule has 3 aliphatic heterocycles. The van der Waals surface area contributed by atoms with Crippen LogP contribution in [0, 0.1) is 5.82 Å². The van der Waals surface area contributed by atoms with Gasteiger partial charge in [-0.3, -0.25) is 0 Å². The van der Waals surface area contributed by atoms with Gasteiger partial charge >= 0.3 is 0 Å². The lowest BCUT2D eigenvalue weighted by molar-refractivity contribution is -0.123. The Kier molecular flexibility index (Phi) is 5.98. The number of rotatable bonds is 5. The van der Waals surface area contributed by atoms with Crippen molar-refractivity contribution in [2.45, 2.75) is 63.2 Å². The minimum Gasteiger partial charge on any atom is -0.388 e. The number of hydrogen-bond acceptors (Lipinski definition) is 8. The first-order chi connectivity index (χ1) is 17.6. The van der Waals surface area contributed by atoms with E-state index in [1.54, 1.807) is 10.6 Å². The van der Waals surface area contributed by atoms with Crippen molar-refractivity contribution in [1.82, 2.24) is 19.5 Å². The van der Waals surface area contributed by atoms with Crippen LogP contribution in [0.15, 0.2) is 18.3 Å². The quantitative estimate of drug-likeness (QED) is 0.503. The normalized spacial score (nSPS) is 27.0. The number of anilines is 2. The molecule has 2 aromatic heterocycles. The van der Waals surface area contributed by atoms with Crippen LogP contribution in [0.5, 0.6) is 0 Å². The summed E-state index contributed by atoms with van der Waals surface area (Å²) in [5, 5.41) is 13.9. The van der Waals surface area contributed by atoms with Gasteiger partial charge in [0.25, 0.3) is 5.92 Å². The molecule has 0 amide bonds. The number of aromatic nitrogens is 4. The predicted molar refractivity (Wildman–Crippen MR) is 131 cm³/mol. The Labute approximate surface area is 215 Å². The Morgan fingerprint density at radius 3 is 2.81 bits per heavy atom. The predicted octanol–water partition coefficient (Wildman–Crippen LogP) is 4.00. The van der Waals surface area contributed by atoms with E-state index in [4.69, 9.17) is 21.1 Å². The summed E-state index contributed by atoms with van der Waals surface area (Å²) >= 11 is 6.43. The van der Waals surface area contributed by atoms with Crippen molar-refractivity contribution in [3.8, 4) is 11.3 Å². The Hall–Kier alpha value is -2.67. The fourth-order valence-corrected chi connectivity index (χ4v) is 5.45. The van der Waals surface area contributed by atoms with E-state index < -0.39 is 42.8 Å². The summed E-state index contributed by atoms with van der Waals surface area (Å²) in [7, 11) is 0. The zero-order valence-corrected chi connectivity index (χ0v) is 20.9. The molecule has 1 aromatic carbocycles. The molecule has 5 heterocycles. The van der Waals surface area contributed by atoms with Gasteiger partial charge < -0.3 is 29.4 Å². The highest BCUT2D eigenvalue weighted by molar-refractivity contribution is 6.33. The van der Waals surface area contributed by atoms with Gasteiger partial charge in [0.2, 0.25) is 11.9 Å². The third-order valence-electron chi connectivity index (χ3n) is 7.04. The lowest BCUT2D eigenvalue weighted by atomic mass is 10.0. The third-order valence-corrected chi connectivity index (χ3v) is 7.32. The third kappa shape index (κ3) is 4.39. The SMILES string of the molecule is CC(C)n1c(N2CCC(F)(F)C2)nc2c(F)cc(-c3nc(N[C@@H]4C[C@H]5OC[C@H](O5)[C@H]4O)ncc3Cl)cc21. The van der Waals surface area contributed by atoms with Crippen LogP contribution in [-0.4, -0.2) is 74.8 Å². The summed E-state index contributed by atoms with van der Waals surface area (Å²) in [4.78, 5) is 14.6. The van der Waals surface area contributed by atoms with Crippen molar-refractivity contribution in [3.63, 3.8) is 0 Å². The molecule has 0 aliphatic carbocycles. The maximum atomic E-state index is 15.4. The molecule has 9 nitrogen and oxygen atoms in total. The summed E-state index contributed by atoms with van der Waals surface area (Å²) in [6, 6.07) is 2.41. The van der Waals surface area contributed by atoms with E-state index >= 15 is 4.39 Å². The molecule has 198 valence electrons. The van der Waals surface area contributed by atoms with Gasteiger partial charge in [0.1, 0.15) is 17.7 Å². The molecule has 2 bridgehead atoms. The van der Waals surface area contributed by atoms with E-state index in [1.165, 1.54) is 17.2 Å². The van der Waals surface area contributed by atoms with Crippen molar-refractivity contribution in [2.24, 2.45) is 0 Å². The number of aliphatic hydroxyl groups excluding tert-OH is 1. The molecule has 0 radical (unpaired) electrons. The Morgan fingerprint density at radius 2 is 2.08 bits per heavy atom. The molecule has 0 spiro atoms. The summed E-state index contributed by atoms with van der Waals surface area (Å²) < 4.78 is 56.0. The highest BCUT2D eigenvalue weighted by atomic mass is 35.5. The number of halogens is 4. The molecule has 3 saturated heterocycles. The van der Waals surface area contributed by atoms with E-state index in [2.05, 4.69) is 20.3 Å². The van der Waals surface area contributed by atoms with Crippen LogP contribution in [-0.2, 0) is 9.47 Å². The van der Waals surface area contributed by atoms with Crippen LogP contribution in [0.25, 0.3) is 22.3 Å². The molecule has 3 aliphatic rings. The molecule has 0 saturated carbocycles. The zero-order valence-electron chi connectivity index (χ0n) is 20.2. The zero-order chi connectivity index (χ0) is 26.1. The van der Waals surface area contributed by atoms with Crippen molar-refractivity contribution in [2.75, 3.05) is 29.9 Å². The fraction of sp³-hybridized carbons (Fsp3) is 0.542. The van der Waals surface area contributed by atoms with Gasteiger partial charge in [0.15, 0.2) is 12.1 Å². The second-order valence-corrected chi connectivity index (χ2v) is 10.4. The average molecular weight is 539 g/mol. The summed E-state index contributed by atoms with van der Waals surface area (Å²) in [5.74, 6) is -2.91. The summed E-state index contributed by atoms with van der Waals surface area (Å²) in [6.45, 7) is 3.76. The van der Waals surface area contributed by atoms with Crippen molar-refractivity contribution in [3.05, 3.63) is 29.2 Å². The summed E-state index contributed by atoms with van der Waals surface area (Å²) in [6.07, 6.45) is -0.111. The summed E-state index contributed by atoms with van der Waals surface area (Å²) in [5.41, 5.74) is 1.21. The van der Waals surface area contributed by atoms with Crippen LogP contribution in [0.1, 0.15) is 32.7 Å². The average Bonchev–Trinajstić information content (AvgIpc) is 3.53. The van der Waals surface area contributed by atoms with Gasteiger partial charge in [-0.25, -0.2) is 28.1 Å². The van der Waals surface area contributed by atoms with Crippen molar-refractivity contribution >= 4 is 34.5 Å². The number of nitrogens with zero attached hydrogens (tertiary/aromatic N) is 5. The lowest BCUT2D eigenvalue weighted by Crippen LogP contribution is -2.48. The highest BCUT2D eigenvalue weighted by Crippen LogP contribution is 2.37. The number of alkyl halides is 2. The van der Waals surface area contributed by atoms with Crippen LogP contribution >= 0.6 is 11.6 Å². The molecule has 6 rings (SSSR count). The van der Waals surface area contributed by atoms with Gasteiger partial charge in [0, 0.05) is 31.0 Å². The first-order valence-electron chi connectivity index (χ1n) is 12.2. The number of fused-ring (bicyclic) bond motifs is 3. The largest absolute Gasteiger partial charge is 0.388 e. The molecule has 3 fully saturated rings. The maximum absolute atomic E-state index is 15.4. The van der Waals surface area contributed by atoms with Crippen LogP contribution in [0.2, 0.25) is 5.02 Å². The van der Waals surface area contributed by atoms with E-state index in [1.807, 2.05) is 13.8 Å². The molecule has 0 unspecified atom stereocenters. The second-order valence-electron chi connectivity index (χ2n) is 10.0. The molecular formula is C24H26ClF3N6O3. The highest BCUT2D eigenvalue weighted by Gasteiger charge is 2.43. The number of nitrogens with one attached hydrogen (secondary N) is 1. The van der Waals surface area contributed by atoms with E-state index in [9.17, 15) is 13.9 Å². The second kappa shape index (κ2) is 8.97. The Balaban J connectivity index is 1.37. The van der Waals surface area contributed by atoms with E-state index in [0.29, 0.717) is 30.1 Å². The molecular weight excluding hydrogens is 513 g/mol. The molecule has 2 N–H and O–H groups in total. The molecule has 3 aromatic rings. The molecule has 13 heteroatoms. The minimum absolute atomic E-state index is 0.0898. The Bertz CT molecular complexity index is 1360. The maximum Gasteiger partial charge on any atom is 0.267 e. The molecule has 4 atom stereocenters. The van der Waals surface area contributed by atoms with E-state index in [-0.39, 0.29) is 41.2 Å². The van der Waals surface area contributed by atoms with Crippen molar-refractivity contribution in [1.29, 1.82) is 0 Å². The van der Waals surface area contributed by atoms with Gasteiger partial charge in [-0.05, 0) is 26.0 Å². The van der Waals surface area contributed by atoms with Gasteiger partial charge in [-0.1, -0.05) is 11.6 Å². The standard InChI is InChI=1S/C24H26ClF3N6O3/c1-11(2)34-16-6-12(5-14(26)20(16)32-23(34)33-4-3-24(27,28)10-33)19-13(25)8-29-22(31-19)30-15-7-18-36-9-17(37-18)21(15)35/h5-6,8,11,15,17-18,21,35H,3-4,7,9-10H2,1-2H3,(H,29,30,31)/t15-,17+,18+,21+/m1/s1. The van der Waals surface area contributed by atoms with Gasteiger partial charge in [0.05, 0.1) is 41.6 Å². The van der Waals surface area contributed by atoms with Crippen LogP contribution in [0.3, 0.4) is 0 Å². The van der Waals surface area contributed by atoms with Crippen LogP contribution < -0.4 is 10.2 Å². The van der Waals surface area contributed by atoms with Crippen molar-refractivity contribution < 1.29 is 27.8 Å². The topological polar surface area (TPSA) is 97.6 Å². The number of imidazole rings is 1. The number of ether oxygens (including phenoxy) is 2. The van der Waals surface area contributed by atoms with E-state index in [0.717, 1.165) is 0 Å². The number of benzene rings is 1. The monoisotopic (exact) mass is 538 g/mol. The number of hydrogen-bond donors (Lipinski definition) is 2. The Morgan fingerprint density at radius 1 is 1.27 bits per heavy atom. The lowest BCUT2D eigenvalue weighted by Gasteiger charge is -2.32. The first kappa shape index (κ1) is 24.7. The number of aliphatic hydroxyl groups is 1. The van der Waals surface area contributed by atoms with Gasteiger partial charge in [-0.15, -0.1) is 0 Å². The van der Waals surface area contributed by atoms with Gasteiger partial charge in [-0.2, -0.15) is 0 Å². The first-order valence-corrected chi connectivity index (χ1v) is 12.6.